The predicted octanol–water partition coefficient (Wildman–Crippen LogP) is 5.87. The number of alkyl halides is 3. The third-order valence-corrected chi connectivity index (χ3v) is 6.17. The van der Waals surface area contributed by atoms with Gasteiger partial charge in [-0.05, 0) is 61.6 Å². The molecule has 3 N–H and O–H groups in total. The van der Waals surface area contributed by atoms with Crippen LogP contribution in [-0.4, -0.2) is 27.0 Å². The van der Waals surface area contributed by atoms with Crippen molar-refractivity contribution in [1.29, 1.82) is 0 Å². The molecule has 0 bridgehead atoms. The van der Waals surface area contributed by atoms with Crippen LogP contribution in [-0.2, 0) is 0 Å². The lowest BCUT2D eigenvalue weighted by Crippen LogP contribution is -2.55. The van der Waals surface area contributed by atoms with Crippen LogP contribution in [0.5, 0.6) is 5.75 Å². The molecule has 1 aliphatic rings. The van der Waals surface area contributed by atoms with Gasteiger partial charge in [-0.2, -0.15) is 17.6 Å². The molecule has 0 spiro atoms. The second-order valence-corrected chi connectivity index (χ2v) is 8.16. The standard InChI is InChI=1S/C23H21F5N2O2/c1-3-12-10-22(32,23(26,27)28)21(14-9-15(24)19(25)20(31)18(12)14)30-17-6-4-5-16-13(17)8-7-11(2)29-16/h4-9,12,21,30-32H,3,10H2,1-2H3/t12-,21?,22-/m1/s1. The van der Waals surface area contributed by atoms with Crippen molar-refractivity contribution in [2.45, 2.75) is 50.4 Å². The van der Waals surface area contributed by atoms with Crippen LogP contribution in [0, 0.1) is 18.6 Å². The Morgan fingerprint density at radius 2 is 1.91 bits per heavy atom. The zero-order chi connectivity index (χ0) is 23.4. The Kier molecular flexibility index (Phi) is 5.27. The van der Waals surface area contributed by atoms with Crippen LogP contribution in [0.25, 0.3) is 10.9 Å². The Hall–Kier alpha value is -2.94. The lowest BCUT2D eigenvalue weighted by molar-refractivity contribution is -0.272. The molecule has 1 unspecified atom stereocenters. The molecule has 1 heterocycles. The van der Waals surface area contributed by atoms with Gasteiger partial charge in [-0.3, -0.25) is 4.98 Å². The number of aromatic hydroxyl groups is 1. The van der Waals surface area contributed by atoms with Gasteiger partial charge in [-0.25, -0.2) is 4.39 Å². The molecule has 0 saturated heterocycles. The van der Waals surface area contributed by atoms with Crippen molar-refractivity contribution in [2.24, 2.45) is 0 Å². The van der Waals surface area contributed by atoms with E-state index in [2.05, 4.69) is 10.3 Å². The summed E-state index contributed by atoms with van der Waals surface area (Å²) in [6, 6.07) is 6.88. The highest BCUT2D eigenvalue weighted by atomic mass is 19.4. The van der Waals surface area contributed by atoms with Gasteiger partial charge in [0.15, 0.2) is 17.2 Å². The van der Waals surface area contributed by atoms with E-state index < -0.39 is 47.5 Å². The van der Waals surface area contributed by atoms with Crippen molar-refractivity contribution in [3.63, 3.8) is 0 Å². The first-order valence-corrected chi connectivity index (χ1v) is 10.1. The summed E-state index contributed by atoms with van der Waals surface area (Å²) in [4.78, 5) is 4.35. The van der Waals surface area contributed by atoms with Crippen LogP contribution in [0.4, 0.5) is 27.6 Å². The van der Waals surface area contributed by atoms with Gasteiger partial charge in [0.25, 0.3) is 0 Å². The maximum atomic E-state index is 14.2. The highest BCUT2D eigenvalue weighted by molar-refractivity contribution is 5.91. The maximum absolute atomic E-state index is 14.2. The number of halogens is 5. The Labute approximate surface area is 180 Å². The average Bonchev–Trinajstić information content (AvgIpc) is 2.72. The highest BCUT2D eigenvalue weighted by Crippen LogP contribution is 2.55. The zero-order valence-corrected chi connectivity index (χ0v) is 17.3. The number of aryl methyl sites for hydroxylation is 1. The summed E-state index contributed by atoms with van der Waals surface area (Å²) in [6.45, 7) is 3.32. The minimum Gasteiger partial charge on any atom is -0.505 e. The van der Waals surface area contributed by atoms with Gasteiger partial charge in [-0.1, -0.05) is 13.0 Å². The first kappa shape index (κ1) is 22.3. The number of nitrogens with one attached hydrogen (secondary N) is 1. The van der Waals surface area contributed by atoms with E-state index in [9.17, 15) is 32.2 Å². The van der Waals surface area contributed by atoms with E-state index in [1.54, 1.807) is 38.1 Å². The van der Waals surface area contributed by atoms with Crippen LogP contribution in [0.2, 0.25) is 0 Å². The second-order valence-electron chi connectivity index (χ2n) is 8.16. The van der Waals surface area contributed by atoms with Crippen molar-refractivity contribution in [3.05, 3.63) is 64.9 Å². The lowest BCUT2D eigenvalue weighted by atomic mass is 9.69. The molecule has 1 aliphatic carbocycles. The molecule has 0 fully saturated rings. The molecular weight excluding hydrogens is 431 g/mol. The van der Waals surface area contributed by atoms with Crippen LogP contribution in [0.1, 0.15) is 48.5 Å². The molecule has 0 amide bonds. The topological polar surface area (TPSA) is 65.4 Å². The van der Waals surface area contributed by atoms with Crippen LogP contribution in [0.3, 0.4) is 0 Å². The minimum absolute atomic E-state index is 0.0776. The maximum Gasteiger partial charge on any atom is 0.419 e. The Balaban J connectivity index is 1.96. The minimum atomic E-state index is -5.09. The fraction of sp³-hybridized carbons (Fsp3) is 0.348. The van der Waals surface area contributed by atoms with Gasteiger partial charge in [0.05, 0.1) is 11.6 Å². The molecule has 0 saturated carbocycles. The summed E-state index contributed by atoms with van der Waals surface area (Å²) in [5.41, 5.74) is -2.31. The molecule has 4 rings (SSSR count). The predicted molar refractivity (Wildman–Crippen MR) is 110 cm³/mol. The smallest absolute Gasteiger partial charge is 0.419 e. The largest absolute Gasteiger partial charge is 0.505 e. The van der Waals surface area contributed by atoms with Gasteiger partial charge < -0.3 is 15.5 Å². The van der Waals surface area contributed by atoms with E-state index in [4.69, 9.17) is 0 Å². The number of fused-ring (bicyclic) bond motifs is 2. The Morgan fingerprint density at radius 1 is 1.19 bits per heavy atom. The molecular formula is C23H21F5N2O2. The fourth-order valence-corrected chi connectivity index (χ4v) is 4.53. The van der Waals surface area contributed by atoms with Gasteiger partial charge >= 0.3 is 6.18 Å². The number of hydrogen-bond donors (Lipinski definition) is 3. The Morgan fingerprint density at radius 3 is 2.56 bits per heavy atom. The summed E-state index contributed by atoms with van der Waals surface area (Å²) in [5, 5.41) is 24.4. The first-order chi connectivity index (χ1) is 15.0. The van der Waals surface area contributed by atoms with Crippen molar-refractivity contribution in [3.8, 4) is 5.75 Å². The molecule has 9 heteroatoms. The molecule has 1 aromatic heterocycles. The summed E-state index contributed by atoms with van der Waals surface area (Å²) in [5.74, 6) is -5.08. The van der Waals surface area contributed by atoms with Crippen molar-refractivity contribution < 1.29 is 32.2 Å². The van der Waals surface area contributed by atoms with Crippen LogP contribution in [0.15, 0.2) is 36.4 Å². The van der Waals surface area contributed by atoms with Gasteiger partial charge in [0.2, 0.25) is 5.82 Å². The third kappa shape index (κ3) is 3.35. The lowest BCUT2D eigenvalue weighted by Gasteiger charge is -2.46. The SMILES string of the molecule is CC[C@@H]1C[C@](O)(C(F)(F)F)C(Nc2cccc3nc(C)ccc23)c2cc(F)c(F)c(O)c21. The normalized spacial score (nSPS) is 23.2. The number of nitrogens with zero attached hydrogens (tertiary/aromatic N) is 1. The van der Waals surface area contributed by atoms with E-state index in [0.717, 1.165) is 0 Å². The van der Waals surface area contributed by atoms with E-state index in [-0.39, 0.29) is 23.2 Å². The molecule has 3 atom stereocenters. The number of rotatable bonds is 3. The number of phenols is 1. The van der Waals surface area contributed by atoms with Crippen molar-refractivity contribution >= 4 is 16.6 Å². The number of hydrogen-bond acceptors (Lipinski definition) is 4. The van der Waals surface area contributed by atoms with Crippen molar-refractivity contribution in [1.82, 2.24) is 4.98 Å². The summed E-state index contributed by atoms with van der Waals surface area (Å²) in [7, 11) is 0. The number of benzene rings is 2. The third-order valence-electron chi connectivity index (χ3n) is 6.17. The quantitative estimate of drug-likeness (QED) is 0.435. The average molecular weight is 452 g/mol. The number of pyridine rings is 1. The number of aliphatic hydroxyl groups is 1. The zero-order valence-electron chi connectivity index (χ0n) is 17.3. The van der Waals surface area contributed by atoms with Gasteiger partial charge in [0, 0.05) is 22.3 Å². The van der Waals surface area contributed by atoms with E-state index in [1.807, 2.05) is 0 Å². The van der Waals surface area contributed by atoms with E-state index >= 15 is 0 Å². The number of anilines is 1. The monoisotopic (exact) mass is 452 g/mol. The molecule has 4 nitrogen and oxygen atoms in total. The van der Waals surface area contributed by atoms with E-state index in [1.165, 1.54) is 6.07 Å². The number of phenolic OH excluding ortho intramolecular Hbond substituents is 1. The first-order valence-electron chi connectivity index (χ1n) is 10.1. The Bertz CT molecular complexity index is 1200. The molecule has 3 aromatic rings. The highest BCUT2D eigenvalue weighted by Gasteiger charge is 2.62. The molecule has 170 valence electrons. The van der Waals surface area contributed by atoms with Gasteiger partial charge in [0.1, 0.15) is 0 Å². The molecule has 0 radical (unpaired) electrons. The fourth-order valence-electron chi connectivity index (χ4n) is 4.53. The molecule has 0 aliphatic heterocycles. The molecule has 2 aromatic carbocycles. The van der Waals surface area contributed by atoms with Gasteiger partial charge in [-0.15, -0.1) is 0 Å². The molecule has 32 heavy (non-hydrogen) atoms. The second kappa shape index (κ2) is 7.58. The van der Waals surface area contributed by atoms with E-state index in [0.29, 0.717) is 22.7 Å². The summed E-state index contributed by atoms with van der Waals surface area (Å²) >= 11 is 0. The van der Waals surface area contributed by atoms with Crippen LogP contribution >= 0.6 is 0 Å². The van der Waals surface area contributed by atoms with Crippen molar-refractivity contribution in [2.75, 3.05) is 5.32 Å². The summed E-state index contributed by atoms with van der Waals surface area (Å²) in [6.07, 6.45) is -5.83. The summed E-state index contributed by atoms with van der Waals surface area (Å²) < 4.78 is 70.9. The van der Waals surface area contributed by atoms with Crippen LogP contribution < -0.4 is 5.32 Å². The number of aromatic nitrogens is 1.